The van der Waals surface area contributed by atoms with Crippen molar-refractivity contribution in [2.45, 2.75) is 114 Å². The van der Waals surface area contributed by atoms with Gasteiger partial charge in [-0.15, -0.1) is 0 Å². The van der Waals surface area contributed by atoms with Gasteiger partial charge in [0.25, 0.3) is 0 Å². The minimum atomic E-state index is -1.67. The van der Waals surface area contributed by atoms with Crippen LogP contribution >= 0.6 is 21.6 Å². The Morgan fingerprint density at radius 3 is 2.21 bits per heavy atom. The van der Waals surface area contributed by atoms with Gasteiger partial charge in [0.2, 0.25) is 65.0 Å². The van der Waals surface area contributed by atoms with E-state index < -0.39 is 139 Å². The number of nitrogens with two attached hydrogens (primary N) is 2. The van der Waals surface area contributed by atoms with E-state index >= 15 is 0 Å². The summed E-state index contributed by atoms with van der Waals surface area (Å²) in [4.78, 5) is 150. The summed E-state index contributed by atoms with van der Waals surface area (Å²) in [5.74, 6) is -10.3. The van der Waals surface area contributed by atoms with E-state index in [1.54, 1.807) is 26.0 Å². The number of benzene rings is 1. The van der Waals surface area contributed by atoms with Crippen LogP contribution in [0.3, 0.4) is 0 Å². The molecule has 3 aliphatic rings. The molecule has 25 heteroatoms. The van der Waals surface area contributed by atoms with Gasteiger partial charge < -0.3 is 64.0 Å². The lowest BCUT2D eigenvalue weighted by Gasteiger charge is -2.30. The van der Waals surface area contributed by atoms with Crippen LogP contribution < -0.4 is 54.0 Å². The van der Waals surface area contributed by atoms with Gasteiger partial charge in [0.15, 0.2) is 0 Å². The third kappa shape index (κ3) is 17.2. The number of nitrogens with one attached hydrogen (secondary N) is 8. The zero-order chi connectivity index (χ0) is 49.9. The summed E-state index contributed by atoms with van der Waals surface area (Å²) in [6, 6.07) is -1.68. The fourth-order valence-electron chi connectivity index (χ4n) is 7.68. The number of aromatic hydroxyl groups is 1. The van der Waals surface area contributed by atoms with Gasteiger partial charge in [-0.1, -0.05) is 54.0 Å². The van der Waals surface area contributed by atoms with Crippen LogP contribution in [0.25, 0.3) is 0 Å². The summed E-state index contributed by atoms with van der Waals surface area (Å²) in [6.07, 6.45) is 0.195. The van der Waals surface area contributed by atoms with E-state index in [1.165, 1.54) is 17.0 Å². The largest absolute Gasteiger partial charge is 0.508 e. The van der Waals surface area contributed by atoms with E-state index in [-0.39, 0.29) is 68.9 Å². The Morgan fingerprint density at radius 2 is 1.51 bits per heavy atom. The first-order valence-corrected chi connectivity index (χ1v) is 25.1. The molecule has 3 heterocycles. The SMILES string of the molecule is CC[C@H](C)[C@@H]1NC(=O)[C@H](Cc2ccc(O)cc2)NC(=O)CCSSCC2NC(=O)[C@H](CC(N)=O)NC(=O)C(CNC1=O)CC(=O)NCCCC[C@@H](C(=O)NCC(N)=O)NC(=O)C1CCCN1C2=O. The number of carbonyl (C=O) groups excluding carboxylic acids is 11. The molecule has 8 atom stereocenters. The number of amides is 11. The van der Waals surface area contributed by atoms with Crippen molar-refractivity contribution < 1.29 is 57.8 Å². The highest BCUT2D eigenvalue weighted by Gasteiger charge is 2.40. The lowest BCUT2D eigenvalue weighted by molar-refractivity contribution is -0.142. The molecule has 0 spiro atoms. The van der Waals surface area contributed by atoms with Crippen LogP contribution in [-0.2, 0) is 59.2 Å². The van der Waals surface area contributed by atoms with Gasteiger partial charge in [0, 0.05) is 50.4 Å². The lowest BCUT2D eigenvalue weighted by Crippen LogP contribution is -2.59. The van der Waals surface area contributed by atoms with Gasteiger partial charge in [-0.2, -0.15) is 0 Å². The van der Waals surface area contributed by atoms with E-state index in [0.29, 0.717) is 18.4 Å². The van der Waals surface area contributed by atoms with Crippen molar-refractivity contribution in [1.82, 2.24) is 47.4 Å². The van der Waals surface area contributed by atoms with Gasteiger partial charge in [0.05, 0.1) is 18.9 Å². The average molecular weight is 990 g/mol. The summed E-state index contributed by atoms with van der Waals surface area (Å²) >= 11 is 0. The third-order valence-electron chi connectivity index (χ3n) is 11.7. The number of phenols is 1. The van der Waals surface area contributed by atoms with Crippen molar-refractivity contribution in [2.75, 3.05) is 37.7 Å². The number of rotatable bonds is 9. The number of primary amides is 2. The highest BCUT2D eigenvalue weighted by Crippen LogP contribution is 2.26. The zero-order valence-electron chi connectivity index (χ0n) is 38.1. The molecule has 374 valence electrons. The first kappa shape index (κ1) is 54.5. The Kier molecular flexibility index (Phi) is 21.7. The normalized spacial score (nSPS) is 26.4. The highest BCUT2D eigenvalue weighted by atomic mass is 33.1. The van der Waals surface area contributed by atoms with E-state index in [0.717, 1.165) is 21.6 Å². The second-order valence-electron chi connectivity index (χ2n) is 16.9. The van der Waals surface area contributed by atoms with Gasteiger partial charge in [0.1, 0.15) is 42.0 Å². The van der Waals surface area contributed by atoms with E-state index in [1.807, 2.05) is 0 Å². The van der Waals surface area contributed by atoms with Crippen LogP contribution in [0.5, 0.6) is 5.75 Å². The molecule has 3 saturated heterocycles. The number of carbonyl (C=O) groups is 11. The van der Waals surface area contributed by atoms with Crippen LogP contribution in [0.2, 0.25) is 0 Å². The van der Waals surface area contributed by atoms with Gasteiger partial charge in [-0.3, -0.25) is 52.7 Å². The van der Waals surface area contributed by atoms with Gasteiger partial charge >= 0.3 is 0 Å². The van der Waals surface area contributed by atoms with Crippen LogP contribution in [0.15, 0.2) is 24.3 Å². The fourth-order valence-corrected chi connectivity index (χ4v) is 9.83. The Hall–Kier alpha value is -6.11. The fraction of sp³-hybridized carbons (Fsp3) is 0.605. The number of fused-ring (bicyclic) bond motifs is 7. The second-order valence-corrected chi connectivity index (χ2v) is 19.6. The van der Waals surface area contributed by atoms with E-state index in [4.69, 9.17) is 11.5 Å². The van der Waals surface area contributed by atoms with Gasteiger partial charge in [-0.05, 0) is 55.7 Å². The Bertz CT molecular complexity index is 2030. The van der Waals surface area contributed by atoms with Crippen molar-refractivity contribution >= 4 is 86.6 Å². The second kappa shape index (κ2) is 27.0. The summed E-state index contributed by atoms with van der Waals surface area (Å²) in [5, 5.41) is 30.8. The molecule has 0 aliphatic carbocycles. The van der Waals surface area contributed by atoms with Crippen molar-refractivity contribution in [3.63, 3.8) is 0 Å². The topological polar surface area (TPSA) is 360 Å². The Morgan fingerprint density at radius 1 is 0.794 bits per heavy atom. The van der Waals surface area contributed by atoms with Crippen LogP contribution in [0, 0.1) is 11.8 Å². The maximum atomic E-state index is 14.4. The molecule has 0 radical (unpaired) electrons. The quantitative estimate of drug-likeness (QED) is 0.111. The van der Waals surface area contributed by atoms with Crippen molar-refractivity contribution in [3.05, 3.63) is 29.8 Å². The highest BCUT2D eigenvalue weighted by molar-refractivity contribution is 8.76. The molecule has 68 heavy (non-hydrogen) atoms. The molecule has 4 rings (SSSR count). The molecule has 23 nitrogen and oxygen atoms in total. The number of hydrogen-bond donors (Lipinski definition) is 11. The molecule has 3 aliphatic heterocycles. The van der Waals surface area contributed by atoms with Crippen LogP contribution in [0.4, 0.5) is 0 Å². The molecule has 3 fully saturated rings. The molecule has 2 bridgehead atoms. The van der Waals surface area contributed by atoms with E-state index in [9.17, 15) is 57.8 Å². The maximum Gasteiger partial charge on any atom is 0.246 e. The first-order valence-electron chi connectivity index (χ1n) is 22.6. The molecule has 3 unspecified atom stereocenters. The Balaban J connectivity index is 1.75. The molecular formula is C43H63N11O12S2. The van der Waals surface area contributed by atoms with Crippen LogP contribution in [-0.4, -0.2) is 149 Å². The summed E-state index contributed by atoms with van der Waals surface area (Å²) in [7, 11) is 2.26. The summed E-state index contributed by atoms with van der Waals surface area (Å²) in [6.45, 7) is 2.65. The molecule has 0 aromatic heterocycles. The first-order chi connectivity index (χ1) is 32.4. The zero-order valence-corrected chi connectivity index (χ0v) is 39.7. The number of phenolic OH excluding ortho intramolecular Hbond substituents is 1. The summed E-state index contributed by atoms with van der Waals surface area (Å²) < 4.78 is 0. The molecular weight excluding hydrogens is 927 g/mol. The lowest BCUT2D eigenvalue weighted by atomic mass is 9.96. The van der Waals surface area contributed by atoms with Crippen molar-refractivity contribution in [2.24, 2.45) is 23.3 Å². The minimum absolute atomic E-state index is 0.0114. The van der Waals surface area contributed by atoms with Crippen LogP contribution in [0.1, 0.15) is 77.2 Å². The monoisotopic (exact) mass is 989 g/mol. The minimum Gasteiger partial charge on any atom is -0.508 e. The predicted molar refractivity (Wildman–Crippen MR) is 249 cm³/mol. The molecule has 11 amide bonds. The average Bonchev–Trinajstić information content (AvgIpc) is 3.79. The van der Waals surface area contributed by atoms with Gasteiger partial charge in [-0.25, -0.2) is 0 Å². The molecule has 1 aromatic rings. The van der Waals surface area contributed by atoms with Crippen molar-refractivity contribution in [1.29, 1.82) is 0 Å². The summed E-state index contributed by atoms with van der Waals surface area (Å²) in [5.41, 5.74) is 11.3. The molecule has 0 saturated carbocycles. The standard InChI is InChI=1S/C43H63N11O12S2/c1-3-23(2)36-42(65)47-20-25-18-35(59)46-14-5-4-7-27(38(61)48-21-33(45)57)50-41(64)31-8-6-15-54(31)43(66)30(52-39(62)29(19-32(44)56)51-37(25)60)22-68-67-16-13-34(58)49-28(40(63)53-36)17-24-9-11-26(55)12-10-24/h9-12,23,25,27-31,36,55H,3-8,13-22H2,1-2H3,(H2,44,56)(H2,45,57)(H,46,59)(H,47,65)(H,48,61)(H,49,58)(H,50,64)(H,51,60)(H,52,62)(H,53,63)/t23-,25?,27-,28-,29-,30?,31?,36-/m0/s1. The molecule has 1 aromatic carbocycles. The maximum absolute atomic E-state index is 14.4. The predicted octanol–water partition coefficient (Wildman–Crippen LogP) is -2.92. The number of hydrogen-bond acceptors (Lipinski definition) is 14. The third-order valence-corrected chi connectivity index (χ3v) is 14.1. The smallest absolute Gasteiger partial charge is 0.246 e. The van der Waals surface area contributed by atoms with E-state index in [2.05, 4.69) is 42.5 Å². The molecule has 13 N–H and O–H groups in total. The Labute approximate surface area is 401 Å². The number of nitrogens with zero attached hydrogens (tertiary/aromatic N) is 1. The van der Waals surface area contributed by atoms with Crippen molar-refractivity contribution in [3.8, 4) is 5.75 Å².